The van der Waals surface area contributed by atoms with E-state index in [1.807, 2.05) is 0 Å². The number of ether oxygens (including phenoxy) is 1. The molecule has 2 saturated heterocycles. The number of hydrogen-bond donors (Lipinski definition) is 0. The summed E-state index contributed by atoms with van der Waals surface area (Å²) in [7, 11) is 0. The number of alkyl halides is 3. The van der Waals surface area contributed by atoms with Gasteiger partial charge in [0, 0.05) is 19.6 Å². The van der Waals surface area contributed by atoms with Crippen molar-refractivity contribution < 1.29 is 22.7 Å². The van der Waals surface area contributed by atoms with Gasteiger partial charge in [0.05, 0.1) is 5.60 Å². The molecule has 1 unspecified atom stereocenters. The molecule has 130 valence electrons. The minimum absolute atomic E-state index is 0. The topological polar surface area (TPSA) is 32.8 Å². The van der Waals surface area contributed by atoms with Gasteiger partial charge in [-0.3, -0.25) is 4.79 Å². The first-order valence-corrected chi connectivity index (χ1v) is 7.29. The van der Waals surface area contributed by atoms with Crippen LogP contribution in [-0.4, -0.2) is 60.4 Å². The summed E-state index contributed by atoms with van der Waals surface area (Å²) in [6.07, 6.45) is -3.56. The summed E-state index contributed by atoms with van der Waals surface area (Å²) in [5.41, 5.74) is -0.370. The highest BCUT2D eigenvalue weighted by Gasteiger charge is 2.49. The van der Waals surface area contributed by atoms with Crippen molar-refractivity contribution >= 4 is 18.3 Å². The molecule has 0 aromatic carbocycles. The molecule has 2 heterocycles. The molecule has 2 rings (SSSR count). The summed E-state index contributed by atoms with van der Waals surface area (Å²) >= 11 is 0. The first kappa shape index (κ1) is 19.5. The van der Waals surface area contributed by atoms with E-state index in [9.17, 15) is 18.0 Å². The predicted octanol–water partition coefficient (Wildman–Crippen LogP) is 2.67. The zero-order valence-corrected chi connectivity index (χ0v) is 14.0. The number of rotatable bonds is 1. The minimum Gasteiger partial charge on any atom is -0.353 e. The molecule has 8 heteroatoms. The van der Waals surface area contributed by atoms with Crippen LogP contribution in [0.3, 0.4) is 0 Å². The molecule has 0 N–H and O–H groups in total. The molecular formula is C14H24ClF3N2O2. The zero-order valence-electron chi connectivity index (χ0n) is 13.2. The second-order valence-electron chi connectivity index (χ2n) is 6.92. The highest BCUT2D eigenvalue weighted by atomic mass is 35.5. The molecule has 2 aliphatic rings. The average Bonchev–Trinajstić information content (AvgIpc) is 2.35. The third-order valence-corrected chi connectivity index (χ3v) is 4.30. The fourth-order valence-corrected chi connectivity index (χ4v) is 3.57. The Morgan fingerprint density at radius 2 is 1.91 bits per heavy atom. The van der Waals surface area contributed by atoms with Gasteiger partial charge in [-0.25, -0.2) is 0 Å². The Morgan fingerprint density at radius 3 is 2.36 bits per heavy atom. The van der Waals surface area contributed by atoms with E-state index in [1.54, 1.807) is 0 Å². The van der Waals surface area contributed by atoms with Gasteiger partial charge in [-0.15, -0.1) is 12.4 Å². The van der Waals surface area contributed by atoms with Crippen molar-refractivity contribution in [2.45, 2.75) is 45.4 Å². The van der Waals surface area contributed by atoms with E-state index < -0.39 is 17.7 Å². The number of carbonyl (C=O) groups is 1. The quantitative estimate of drug-likeness (QED) is 0.733. The molecule has 0 bridgehead atoms. The lowest BCUT2D eigenvalue weighted by Crippen LogP contribution is -2.61. The number of carbonyl (C=O) groups excluding carboxylic acids is 1. The van der Waals surface area contributed by atoms with Crippen molar-refractivity contribution in [2.75, 3.05) is 32.9 Å². The van der Waals surface area contributed by atoms with Crippen LogP contribution in [0.5, 0.6) is 0 Å². The van der Waals surface area contributed by atoms with Crippen LogP contribution in [0.1, 0.15) is 33.6 Å². The fraction of sp³-hybridized carbons (Fsp3) is 0.929. The molecule has 0 saturated carbocycles. The van der Waals surface area contributed by atoms with Crippen molar-refractivity contribution in [3.05, 3.63) is 0 Å². The van der Waals surface area contributed by atoms with E-state index in [1.165, 1.54) is 0 Å². The Hall–Kier alpha value is -0.530. The number of hydrogen-bond acceptors (Lipinski definition) is 3. The fourth-order valence-electron chi connectivity index (χ4n) is 3.57. The summed E-state index contributed by atoms with van der Waals surface area (Å²) in [6, 6.07) is 0. The van der Waals surface area contributed by atoms with Crippen LogP contribution in [0.2, 0.25) is 0 Å². The first-order chi connectivity index (χ1) is 9.57. The van der Waals surface area contributed by atoms with Crippen LogP contribution >= 0.6 is 12.4 Å². The summed E-state index contributed by atoms with van der Waals surface area (Å²) in [5.74, 6) is -1.81. The summed E-state index contributed by atoms with van der Waals surface area (Å²) in [4.78, 5) is 14.3. The molecule has 22 heavy (non-hydrogen) atoms. The maximum absolute atomic E-state index is 12.5. The van der Waals surface area contributed by atoms with Crippen LogP contribution in [0.15, 0.2) is 0 Å². The molecule has 0 aromatic rings. The van der Waals surface area contributed by atoms with Gasteiger partial charge in [0.2, 0.25) is 0 Å². The van der Waals surface area contributed by atoms with E-state index in [0.29, 0.717) is 6.42 Å². The molecule has 4 nitrogen and oxygen atoms in total. The van der Waals surface area contributed by atoms with Crippen LogP contribution in [-0.2, 0) is 9.53 Å². The Bertz CT molecular complexity index is 407. The maximum atomic E-state index is 12.5. The lowest BCUT2D eigenvalue weighted by Gasteiger charge is -2.52. The van der Waals surface area contributed by atoms with Gasteiger partial charge in [0.15, 0.2) is 0 Å². The van der Waals surface area contributed by atoms with E-state index in [-0.39, 0.29) is 31.1 Å². The average molecular weight is 345 g/mol. The Balaban J connectivity index is 0.00000242. The highest BCUT2D eigenvalue weighted by molar-refractivity contribution is 5.85. The maximum Gasteiger partial charge on any atom is 0.471 e. The second kappa shape index (κ2) is 6.53. The van der Waals surface area contributed by atoms with Gasteiger partial charge in [0.1, 0.15) is 6.73 Å². The van der Waals surface area contributed by atoms with Crippen molar-refractivity contribution in [2.24, 2.45) is 5.41 Å². The molecule has 0 aromatic heterocycles. The summed E-state index contributed by atoms with van der Waals surface area (Å²) in [5, 5.41) is 0. The third-order valence-electron chi connectivity index (χ3n) is 4.30. The van der Waals surface area contributed by atoms with Crippen LogP contribution < -0.4 is 0 Å². The largest absolute Gasteiger partial charge is 0.471 e. The smallest absolute Gasteiger partial charge is 0.353 e. The van der Waals surface area contributed by atoms with E-state index >= 15 is 0 Å². The number of piperidine rings is 1. The SMILES string of the molecule is CCN1CC(C)(C)CC2(CCN(C(=O)C(F)(F)F)CO2)C1.Cl. The van der Waals surface area contributed by atoms with Crippen molar-refractivity contribution in [1.82, 2.24) is 9.80 Å². The molecule has 2 fully saturated rings. The number of likely N-dealkylation sites (N-methyl/N-ethyl adjacent to an activating group) is 1. The highest BCUT2D eigenvalue weighted by Crippen LogP contribution is 2.40. The number of amides is 1. The minimum atomic E-state index is -4.82. The normalized spacial score (nSPS) is 29.3. The summed E-state index contributed by atoms with van der Waals surface area (Å²) in [6.45, 7) is 8.76. The third kappa shape index (κ3) is 4.26. The number of nitrogens with zero attached hydrogens (tertiary/aromatic N) is 2. The van der Waals surface area contributed by atoms with Crippen molar-refractivity contribution in [3.63, 3.8) is 0 Å². The second-order valence-corrected chi connectivity index (χ2v) is 6.92. The molecule has 0 aliphatic carbocycles. The van der Waals surface area contributed by atoms with E-state index in [0.717, 1.165) is 31.0 Å². The molecule has 1 atom stereocenters. The molecule has 2 aliphatic heterocycles. The van der Waals surface area contributed by atoms with Crippen LogP contribution in [0.4, 0.5) is 13.2 Å². The van der Waals surface area contributed by atoms with Crippen molar-refractivity contribution in [1.29, 1.82) is 0 Å². The summed E-state index contributed by atoms with van der Waals surface area (Å²) < 4.78 is 43.1. The first-order valence-electron chi connectivity index (χ1n) is 7.29. The van der Waals surface area contributed by atoms with Crippen LogP contribution in [0, 0.1) is 5.41 Å². The van der Waals surface area contributed by atoms with Gasteiger partial charge in [-0.2, -0.15) is 13.2 Å². The van der Waals surface area contributed by atoms with Gasteiger partial charge in [-0.1, -0.05) is 20.8 Å². The monoisotopic (exact) mass is 344 g/mol. The van der Waals surface area contributed by atoms with Gasteiger partial charge >= 0.3 is 12.1 Å². The Labute approximate surface area is 135 Å². The number of halogens is 4. The zero-order chi connectivity index (χ0) is 15.9. The van der Waals surface area contributed by atoms with Crippen LogP contribution in [0.25, 0.3) is 0 Å². The van der Waals surface area contributed by atoms with Gasteiger partial charge in [-0.05, 0) is 24.8 Å². The standard InChI is InChI=1S/C14H23F3N2O2.ClH/c1-4-18-8-12(2,3)7-13(9-18)5-6-19(10-21-13)11(20)14(15,16)17;/h4-10H2,1-3H3;1H. The predicted molar refractivity (Wildman–Crippen MR) is 78.8 cm³/mol. The lowest BCUT2D eigenvalue weighted by atomic mass is 9.74. The Kier molecular flexibility index (Phi) is 5.79. The molecule has 1 spiro atoms. The molecular weight excluding hydrogens is 321 g/mol. The van der Waals surface area contributed by atoms with E-state index in [2.05, 4.69) is 25.7 Å². The Morgan fingerprint density at radius 1 is 1.27 bits per heavy atom. The number of likely N-dealkylation sites (tertiary alicyclic amines) is 1. The van der Waals surface area contributed by atoms with Gasteiger partial charge in [0.25, 0.3) is 0 Å². The van der Waals surface area contributed by atoms with Gasteiger partial charge < -0.3 is 14.5 Å². The lowest BCUT2D eigenvalue weighted by molar-refractivity contribution is -0.215. The molecule has 0 radical (unpaired) electrons. The molecule has 1 amide bonds. The van der Waals surface area contributed by atoms with Crippen molar-refractivity contribution in [3.8, 4) is 0 Å². The van der Waals surface area contributed by atoms with E-state index in [4.69, 9.17) is 4.74 Å².